The third-order valence-corrected chi connectivity index (χ3v) is 5.51. The Bertz CT molecular complexity index is 970. The average molecular weight is 361 g/mol. The molecule has 0 radical (unpaired) electrons. The molecule has 0 saturated carbocycles. The van der Waals surface area contributed by atoms with Crippen molar-refractivity contribution < 1.29 is 8.42 Å². The van der Waals surface area contributed by atoms with Crippen LogP contribution in [0.3, 0.4) is 0 Å². The molecule has 1 heterocycles. The van der Waals surface area contributed by atoms with E-state index >= 15 is 0 Å². The van der Waals surface area contributed by atoms with Gasteiger partial charge in [0.05, 0.1) is 22.0 Å². The Morgan fingerprint density at radius 1 is 1.10 bits per heavy atom. The van der Waals surface area contributed by atoms with Gasteiger partial charge in [0.15, 0.2) is 0 Å². The highest BCUT2D eigenvalue weighted by molar-refractivity contribution is 9.10. The zero-order chi connectivity index (χ0) is 15.0. The lowest BCUT2D eigenvalue weighted by molar-refractivity contribution is 0.589. The highest BCUT2D eigenvalue weighted by atomic mass is 79.9. The second-order valence-corrected chi connectivity index (χ2v) is 7.10. The maximum Gasteiger partial charge on any atom is 0.268 e. The topological polar surface area (TPSA) is 62.9 Å². The molecule has 6 heteroatoms. The van der Waals surface area contributed by atoms with E-state index in [9.17, 15) is 8.42 Å². The van der Waals surface area contributed by atoms with Gasteiger partial charge in [-0.1, -0.05) is 34.1 Å². The molecule has 0 unspecified atom stereocenters. The summed E-state index contributed by atoms with van der Waals surface area (Å²) in [4.78, 5) is 0.209. The van der Waals surface area contributed by atoms with Crippen LogP contribution in [0.25, 0.3) is 10.9 Å². The summed E-state index contributed by atoms with van der Waals surface area (Å²) < 4.78 is 27.3. The van der Waals surface area contributed by atoms with E-state index in [0.717, 1.165) is 5.39 Å². The number of hydrogen-bond acceptors (Lipinski definition) is 3. The van der Waals surface area contributed by atoms with Gasteiger partial charge in [0, 0.05) is 16.1 Å². The summed E-state index contributed by atoms with van der Waals surface area (Å²) in [6.45, 7) is 0. The first-order valence-corrected chi connectivity index (χ1v) is 8.28. The minimum absolute atomic E-state index is 0.209. The van der Waals surface area contributed by atoms with Gasteiger partial charge in [0.25, 0.3) is 10.0 Å². The number of hydrogen-bond donors (Lipinski definition) is 0. The fraction of sp³-hybridized carbons (Fsp3) is 0. The predicted molar refractivity (Wildman–Crippen MR) is 83.4 cm³/mol. The second-order valence-electron chi connectivity index (χ2n) is 4.43. The number of halogens is 1. The molecule has 0 atom stereocenters. The van der Waals surface area contributed by atoms with Gasteiger partial charge in [-0.15, -0.1) is 0 Å². The van der Waals surface area contributed by atoms with Gasteiger partial charge in [-0.3, -0.25) is 0 Å². The summed E-state index contributed by atoms with van der Waals surface area (Å²) >= 11 is 3.37. The Hall–Kier alpha value is -2.10. The summed E-state index contributed by atoms with van der Waals surface area (Å²) in [5.74, 6) is 0. The molecule has 21 heavy (non-hydrogen) atoms. The van der Waals surface area contributed by atoms with Gasteiger partial charge in [-0.2, -0.15) is 5.26 Å². The SMILES string of the molecule is N#Cc1cc(Br)c2ccn(S(=O)(=O)c3ccccc3)c2c1. The van der Waals surface area contributed by atoms with Gasteiger partial charge in [0.1, 0.15) is 0 Å². The molecule has 3 aromatic rings. The lowest BCUT2D eigenvalue weighted by Gasteiger charge is -2.08. The number of aromatic nitrogens is 1. The van der Waals surface area contributed by atoms with Crippen molar-refractivity contribution in [2.24, 2.45) is 0 Å². The number of nitrogens with zero attached hydrogens (tertiary/aromatic N) is 2. The van der Waals surface area contributed by atoms with Crippen LogP contribution >= 0.6 is 15.9 Å². The number of benzene rings is 2. The zero-order valence-electron chi connectivity index (χ0n) is 10.7. The first-order chi connectivity index (χ1) is 10.0. The zero-order valence-corrected chi connectivity index (χ0v) is 13.1. The largest absolute Gasteiger partial charge is 0.268 e. The van der Waals surface area contributed by atoms with Crippen LogP contribution < -0.4 is 0 Å². The molecule has 0 N–H and O–H groups in total. The van der Waals surface area contributed by atoms with Gasteiger partial charge >= 0.3 is 0 Å². The van der Waals surface area contributed by atoms with Crippen LogP contribution in [0.2, 0.25) is 0 Å². The fourth-order valence-electron chi connectivity index (χ4n) is 2.15. The molecule has 0 aliphatic rings. The monoisotopic (exact) mass is 360 g/mol. The van der Waals surface area contributed by atoms with Gasteiger partial charge in [0.2, 0.25) is 0 Å². The molecule has 4 nitrogen and oxygen atoms in total. The quantitative estimate of drug-likeness (QED) is 0.702. The Labute approximate surface area is 130 Å². The summed E-state index contributed by atoms with van der Waals surface area (Å²) in [5.41, 5.74) is 0.877. The van der Waals surface area contributed by atoms with Crippen molar-refractivity contribution in [1.82, 2.24) is 3.97 Å². The third kappa shape index (κ3) is 2.24. The molecule has 0 amide bonds. The summed E-state index contributed by atoms with van der Waals surface area (Å²) in [6.07, 6.45) is 1.50. The van der Waals surface area contributed by atoms with Crippen molar-refractivity contribution in [3.63, 3.8) is 0 Å². The van der Waals surface area contributed by atoms with Crippen molar-refractivity contribution in [1.29, 1.82) is 5.26 Å². The van der Waals surface area contributed by atoms with Crippen LogP contribution in [0.15, 0.2) is 64.1 Å². The summed E-state index contributed by atoms with van der Waals surface area (Å²) in [5, 5.41) is 9.78. The van der Waals surface area contributed by atoms with Gasteiger partial charge in [-0.25, -0.2) is 12.4 Å². The highest BCUT2D eigenvalue weighted by Gasteiger charge is 2.19. The third-order valence-electron chi connectivity index (χ3n) is 3.15. The molecule has 0 aliphatic carbocycles. The normalized spacial score (nSPS) is 11.4. The molecule has 0 fully saturated rings. The fourth-order valence-corrected chi connectivity index (χ4v) is 4.09. The predicted octanol–water partition coefficient (Wildman–Crippen LogP) is 3.51. The van der Waals surface area contributed by atoms with Gasteiger partial charge in [-0.05, 0) is 30.3 Å². The second kappa shape index (κ2) is 5.02. The number of rotatable bonds is 2. The summed E-state index contributed by atoms with van der Waals surface area (Å²) in [7, 11) is -3.68. The number of nitriles is 1. The minimum atomic E-state index is -3.68. The first kappa shape index (κ1) is 13.9. The van der Waals surface area contributed by atoms with Crippen LogP contribution in [-0.4, -0.2) is 12.4 Å². The number of fused-ring (bicyclic) bond motifs is 1. The smallest absolute Gasteiger partial charge is 0.241 e. The van der Waals surface area contributed by atoms with Crippen molar-refractivity contribution in [2.45, 2.75) is 4.90 Å². The van der Waals surface area contributed by atoms with Crippen LogP contribution in [0.4, 0.5) is 0 Å². The maximum atomic E-state index is 12.7. The average Bonchev–Trinajstić information content (AvgIpc) is 2.93. The van der Waals surface area contributed by atoms with E-state index in [-0.39, 0.29) is 4.90 Å². The molecule has 0 saturated heterocycles. The standard InChI is InChI=1S/C15H9BrN2O2S/c16-14-8-11(10-17)9-15-13(14)6-7-18(15)21(19,20)12-4-2-1-3-5-12/h1-9H. The Morgan fingerprint density at radius 2 is 1.81 bits per heavy atom. The molecule has 3 rings (SSSR count). The van der Waals surface area contributed by atoms with Crippen LogP contribution in [0.5, 0.6) is 0 Å². The van der Waals surface area contributed by atoms with E-state index in [2.05, 4.69) is 15.9 Å². The molecule has 104 valence electrons. The van der Waals surface area contributed by atoms with Crippen molar-refractivity contribution >= 4 is 36.9 Å². The lowest BCUT2D eigenvalue weighted by atomic mass is 10.2. The van der Waals surface area contributed by atoms with Crippen LogP contribution in [-0.2, 0) is 10.0 Å². The van der Waals surface area contributed by atoms with E-state index in [1.165, 1.54) is 10.2 Å². The van der Waals surface area contributed by atoms with Crippen LogP contribution in [0.1, 0.15) is 5.56 Å². The van der Waals surface area contributed by atoms with E-state index in [4.69, 9.17) is 5.26 Å². The van der Waals surface area contributed by atoms with Crippen molar-refractivity contribution in [3.8, 4) is 6.07 Å². The van der Waals surface area contributed by atoms with Crippen molar-refractivity contribution in [2.75, 3.05) is 0 Å². The Kier molecular flexibility index (Phi) is 3.32. The van der Waals surface area contributed by atoms with E-state index < -0.39 is 10.0 Å². The van der Waals surface area contributed by atoms with Gasteiger partial charge < -0.3 is 0 Å². The summed E-state index contributed by atoms with van der Waals surface area (Å²) in [6, 6.07) is 15.2. The lowest BCUT2D eigenvalue weighted by Crippen LogP contribution is -2.11. The molecule has 1 aromatic heterocycles. The maximum absolute atomic E-state index is 12.7. The molecular formula is C15H9BrN2O2S. The molecule has 0 bridgehead atoms. The highest BCUT2D eigenvalue weighted by Crippen LogP contribution is 2.29. The molecule has 0 spiro atoms. The molecular weight excluding hydrogens is 352 g/mol. The Balaban J connectivity index is 2.32. The van der Waals surface area contributed by atoms with E-state index in [1.54, 1.807) is 48.5 Å². The molecule has 0 aliphatic heterocycles. The van der Waals surface area contributed by atoms with Crippen LogP contribution in [0, 0.1) is 11.3 Å². The van der Waals surface area contributed by atoms with E-state index in [0.29, 0.717) is 15.6 Å². The van der Waals surface area contributed by atoms with Crippen molar-refractivity contribution in [3.05, 3.63) is 64.8 Å². The first-order valence-electron chi connectivity index (χ1n) is 6.05. The van der Waals surface area contributed by atoms with E-state index in [1.807, 2.05) is 6.07 Å². The molecule has 2 aromatic carbocycles. The minimum Gasteiger partial charge on any atom is -0.241 e. The Morgan fingerprint density at radius 3 is 2.48 bits per heavy atom.